The van der Waals surface area contributed by atoms with E-state index in [0.717, 1.165) is 23.4 Å². The van der Waals surface area contributed by atoms with Crippen LogP contribution in [0.5, 0.6) is 0 Å². The molecular formula is C17H20N4O2. The second kappa shape index (κ2) is 6.85. The Labute approximate surface area is 135 Å². The second-order valence-electron chi connectivity index (χ2n) is 5.62. The van der Waals surface area contributed by atoms with Crippen molar-refractivity contribution in [1.82, 2.24) is 9.97 Å². The van der Waals surface area contributed by atoms with Crippen LogP contribution >= 0.6 is 0 Å². The van der Waals surface area contributed by atoms with E-state index in [0.29, 0.717) is 18.8 Å². The normalized spacial score (nSPS) is 20.4. The molecule has 1 amide bonds. The summed E-state index contributed by atoms with van der Waals surface area (Å²) in [6.45, 7) is 2.30. The third-order valence-electron chi connectivity index (χ3n) is 3.86. The first kappa shape index (κ1) is 15.6. The highest BCUT2D eigenvalue weighted by atomic mass is 16.5. The lowest BCUT2D eigenvalue weighted by molar-refractivity contribution is -0.126. The molecule has 23 heavy (non-hydrogen) atoms. The summed E-state index contributed by atoms with van der Waals surface area (Å²) >= 11 is 0. The summed E-state index contributed by atoms with van der Waals surface area (Å²) in [5.41, 5.74) is 8.06. The van der Waals surface area contributed by atoms with Crippen LogP contribution in [0.4, 0.5) is 5.69 Å². The topological polar surface area (TPSA) is 90.1 Å². The molecule has 1 aliphatic heterocycles. The molecule has 2 aromatic rings. The number of rotatable bonds is 4. The Morgan fingerprint density at radius 1 is 1.39 bits per heavy atom. The maximum absolute atomic E-state index is 12.3. The van der Waals surface area contributed by atoms with Crippen LogP contribution in [0.15, 0.2) is 36.5 Å². The van der Waals surface area contributed by atoms with Crippen molar-refractivity contribution in [3.05, 3.63) is 42.4 Å². The van der Waals surface area contributed by atoms with Crippen LogP contribution in [-0.4, -0.2) is 34.6 Å². The van der Waals surface area contributed by atoms with Gasteiger partial charge in [-0.2, -0.15) is 0 Å². The van der Waals surface area contributed by atoms with Gasteiger partial charge in [-0.1, -0.05) is 12.1 Å². The molecule has 1 saturated heterocycles. The molecule has 3 rings (SSSR count). The standard InChI is InChI=1S/C17H20N4O2/c1-11-19-8-7-15(20-11)12-3-2-4-13(9-12)21-17(22)16-6-5-14(10-18)23-16/h2-4,7-9,14,16H,5-6,10,18H2,1H3,(H,21,22)/t14-,16+/m1/s1. The molecular weight excluding hydrogens is 292 g/mol. The van der Waals surface area contributed by atoms with E-state index in [9.17, 15) is 4.79 Å². The van der Waals surface area contributed by atoms with E-state index in [4.69, 9.17) is 10.5 Å². The van der Waals surface area contributed by atoms with Gasteiger partial charge < -0.3 is 15.8 Å². The Kier molecular flexibility index (Phi) is 4.64. The first-order valence-electron chi connectivity index (χ1n) is 7.72. The van der Waals surface area contributed by atoms with Gasteiger partial charge in [0.05, 0.1) is 11.8 Å². The Hall–Kier alpha value is -2.31. The van der Waals surface area contributed by atoms with Crippen LogP contribution in [0.2, 0.25) is 0 Å². The lowest BCUT2D eigenvalue weighted by Gasteiger charge is -2.13. The first-order chi connectivity index (χ1) is 11.2. The van der Waals surface area contributed by atoms with E-state index in [1.807, 2.05) is 37.3 Å². The molecule has 0 spiro atoms. The Bertz CT molecular complexity index is 704. The quantitative estimate of drug-likeness (QED) is 0.900. The summed E-state index contributed by atoms with van der Waals surface area (Å²) in [5, 5.41) is 2.91. The predicted molar refractivity (Wildman–Crippen MR) is 87.8 cm³/mol. The lowest BCUT2D eigenvalue weighted by atomic mass is 10.1. The number of aryl methyl sites for hydroxylation is 1. The third-order valence-corrected chi connectivity index (χ3v) is 3.86. The summed E-state index contributed by atoms with van der Waals surface area (Å²) in [5.74, 6) is 0.584. The summed E-state index contributed by atoms with van der Waals surface area (Å²) in [7, 11) is 0. The average Bonchev–Trinajstić information content (AvgIpc) is 3.04. The van der Waals surface area contributed by atoms with Crippen molar-refractivity contribution < 1.29 is 9.53 Å². The number of anilines is 1. The second-order valence-corrected chi connectivity index (χ2v) is 5.62. The number of nitrogens with two attached hydrogens (primary N) is 1. The Balaban J connectivity index is 1.72. The van der Waals surface area contributed by atoms with Gasteiger partial charge in [-0.25, -0.2) is 9.97 Å². The highest BCUT2D eigenvalue weighted by Gasteiger charge is 2.29. The van der Waals surface area contributed by atoms with E-state index in [1.165, 1.54) is 0 Å². The number of carbonyl (C=O) groups excluding carboxylic acids is 1. The van der Waals surface area contributed by atoms with Gasteiger partial charge in [-0.3, -0.25) is 4.79 Å². The first-order valence-corrected chi connectivity index (χ1v) is 7.72. The zero-order valence-electron chi connectivity index (χ0n) is 13.0. The molecule has 0 saturated carbocycles. The zero-order valence-corrected chi connectivity index (χ0v) is 13.0. The van der Waals surface area contributed by atoms with Crippen LogP contribution in [-0.2, 0) is 9.53 Å². The Morgan fingerprint density at radius 3 is 3.00 bits per heavy atom. The highest BCUT2D eigenvalue weighted by Crippen LogP contribution is 2.23. The fourth-order valence-electron chi connectivity index (χ4n) is 2.67. The van der Waals surface area contributed by atoms with E-state index in [1.54, 1.807) is 6.20 Å². The number of benzene rings is 1. The van der Waals surface area contributed by atoms with E-state index in [-0.39, 0.29) is 12.0 Å². The molecule has 120 valence electrons. The molecule has 6 heteroatoms. The molecule has 1 fully saturated rings. The molecule has 3 N–H and O–H groups in total. The van der Waals surface area contributed by atoms with Crippen LogP contribution in [0.1, 0.15) is 18.7 Å². The molecule has 1 aromatic carbocycles. The van der Waals surface area contributed by atoms with Crippen molar-refractivity contribution in [3.8, 4) is 11.3 Å². The summed E-state index contributed by atoms with van der Waals surface area (Å²) in [4.78, 5) is 20.8. The number of hydrogen-bond acceptors (Lipinski definition) is 5. The molecule has 6 nitrogen and oxygen atoms in total. The fourth-order valence-corrected chi connectivity index (χ4v) is 2.67. The van der Waals surface area contributed by atoms with Crippen molar-refractivity contribution in [3.63, 3.8) is 0 Å². The van der Waals surface area contributed by atoms with Gasteiger partial charge in [0, 0.05) is 24.0 Å². The Morgan fingerprint density at radius 2 is 2.26 bits per heavy atom. The minimum atomic E-state index is -0.423. The molecule has 0 unspecified atom stereocenters. The van der Waals surface area contributed by atoms with E-state index in [2.05, 4.69) is 15.3 Å². The van der Waals surface area contributed by atoms with E-state index < -0.39 is 6.10 Å². The van der Waals surface area contributed by atoms with Gasteiger partial charge in [0.1, 0.15) is 11.9 Å². The minimum absolute atomic E-state index is 0.0129. The number of nitrogens with one attached hydrogen (secondary N) is 1. The number of hydrogen-bond donors (Lipinski definition) is 2. The molecule has 0 aliphatic carbocycles. The zero-order chi connectivity index (χ0) is 16.2. The molecule has 1 aliphatic rings. The van der Waals surface area contributed by atoms with Crippen LogP contribution in [0.3, 0.4) is 0 Å². The predicted octanol–water partition coefficient (Wildman–Crippen LogP) is 1.90. The van der Waals surface area contributed by atoms with Gasteiger partial charge in [0.2, 0.25) is 0 Å². The molecule has 2 atom stereocenters. The van der Waals surface area contributed by atoms with Crippen LogP contribution < -0.4 is 11.1 Å². The molecule has 2 heterocycles. The average molecular weight is 312 g/mol. The van der Waals surface area contributed by atoms with Gasteiger partial charge >= 0.3 is 0 Å². The molecule has 1 aromatic heterocycles. The third kappa shape index (κ3) is 3.72. The van der Waals surface area contributed by atoms with Crippen molar-refractivity contribution in [2.45, 2.75) is 32.0 Å². The lowest BCUT2D eigenvalue weighted by Crippen LogP contribution is -2.29. The smallest absolute Gasteiger partial charge is 0.253 e. The van der Waals surface area contributed by atoms with Crippen LogP contribution in [0.25, 0.3) is 11.3 Å². The number of amides is 1. The summed E-state index contributed by atoms with van der Waals surface area (Å²) in [6.07, 6.45) is 2.82. The maximum Gasteiger partial charge on any atom is 0.253 e. The van der Waals surface area contributed by atoms with Crippen LogP contribution in [0, 0.1) is 6.92 Å². The van der Waals surface area contributed by atoms with E-state index >= 15 is 0 Å². The molecule has 0 bridgehead atoms. The van der Waals surface area contributed by atoms with Gasteiger partial charge in [0.15, 0.2) is 0 Å². The largest absolute Gasteiger partial charge is 0.364 e. The van der Waals surface area contributed by atoms with Crippen molar-refractivity contribution in [2.24, 2.45) is 5.73 Å². The number of nitrogens with zero attached hydrogens (tertiary/aromatic N) is 2. The van der Waals surface area contributed by atoms with Crippen molar-refractivity contribution in [2.75, 3.05) is 11.9 Å². The van der Waals surface area contributed by atoms with Gasteiger partial charge in [0.25, 0.3) is 5.91 Å². The monoisotopic (exact) mass is 312 g/mol. The number of carbonyl (C=O) groups is 1. The van der Waals surface area contributed by atoms with Crippen molar-refractivity contribution >= 4 is 11.6 Å². The summed E-state index contributed by atoms with van der Waals surface area (Å²) < 4.78 is 5.62. The number of aromatic nitrogens is 2. The van der Waals surface area contributed by atoms with Gasteiger partial charge in [-0.15, -0.1) is 0 Å². The maximum atomic E-state index is 12.3. The highest BCUT2D eigenvalue weighted by molar-refractivity contribution is 5.94. The summed E-state index contributed by atoms with van der Waals surface area (Å²) in [6, 6.07) is 9.44. The minimum Gasteiger partial charge on any atom is -0.364 e. The van der Waals surface area contributed by atoms with Gasteiger partial charge in [-0.05, 0) is 38.0 Å². The number of ether oxygens (including phenoxy) is 1. The fraction of sp³-hybridized carbons (Fsp3) is 0.353. The van der Waals surface area contributed by atoms with Crippen molar-refractivity contribution in [1.29, 1.82) is 0 Å². The SMILES string of the molecule is Cc1nccc(-c2cccc(NC(=O)[C@@H]3CC[C@H](CN)O3)c2)n1. The molecule has 0 radical (unpaired) electrons.